The smallest absolute Gasteiger partial charge is 0.209 e. The lowest BCUT2D eigenvalue weighted by Crippen LogP contribution is -2.05. The fourth-order valence-electron chi connectivity index (χ4n) is 1.05. The Morgan fingerprint density at radius 1 is 1.64 bits per heavy atom. The van der Waals surface area contributed by atoms with Gasteiger partial charge < -0.3 is 5.73 Å². The second-order valence-corrected chi connectivity index (χ2v) is 4.32. The van der Waals surface area contributed by atoms with E-state index in [0.29, 0.717) is 12.6 Å². The Kier molecular flexibility index (Phi) is 2.83. The van der Waals surface area contributed by atoms with Crippen LogP contribution in [0.5, 0.6) is 0 Å². The number of nitrogens with two attached hydrogens (primary N) is 1. The fourth-order valence-corrected chi connectivity index (χ4v) is 1.92. The molecule has 1 heterocycles. The topological polar surface area (TPSA) is 69.6 Å². The van der Waals surface area contributed by atoms with Crippen molar-refractivity contribution in [1.29, 1.82) is 0 Å². The molecule has 0 unspecified atom stereocenters. The molecule has 0 amide bonds. The fraction of sp³-hybridized carbons (Fsp3) is 0.625. The molecule has 1 aromatic rings. The molecule has 5 nitrogen and oxygen atoms in total. The van der Waals surface area contributed by atoms with Gasteiger partial charge in [0.05, 0.1) is 6.04 Å². The van der Waals surface area contributed by atoms with E-state index < -0.39 is 0 Å². The summed E-state index contributed by atoms with van der Waals surface area (Å²) in [5, 5.41) is 12.5. The number of nitrogens with zero attached hydrogens (tertiary/aromatic N) is 4. The Bertz CT molecular complexity index is 330. The average molecular weight is 211 g/mol. The molecule has 6 heteroatoms. The van der Waals surface area contributed by atoms with Gasteiger partial charge in [0, 0.05) is 12.3 Å². The summed E-state index contributed by atoms with van der Waals surface area (Å²) in [5.41, 5.74) is 6.46. The summed E-state index contributed by atoms with van der Waals surface area (Å²) in [6.45, 7) is 4.36. The average Bonchev–Trinajstić information content (AvgIpc) is 2.94. The van der Waals surface area contributed by atoms with Gasteiger partial charge >= 0.3 is 0 Å². The van der Waals surface area contributed by atoms with E-state index in [1.165, 1.54) is 12.8 Å². The molecule has 1 aromatic heterocycles. The number of hydrogen-bond acceptors (Lipinski definition) is 5. The minimum Gasteiger partial charge on any atom is -0.327 e. The molecule has 76 valence electrons. The van der Waals surface area contributed by atoms with E-state index in [1.54, 1.807) is 11.8 Å². The molecular weight excluding hydrogens is 198 g/mol. The van der Waals surface area contributed by atoms with Gasteiger partial charge in [0.25, 0.3) is 0 Å². The predicted octanol–water partition coefficient (Wildman–Crippen LogP) is 0.615. The lowest BCUT2D eigenvalue weighted by Gasteiger charge is -2.02. The SMILES string of the molecule is C=C(CN)CSc1nnnn1C1CC1. The third-order valence-corrected chi connectivity index (χ3v) is 3.13. The summed E-state index contributed by atoms with van der Waals surface area (Å²) >= 11 is 1.60. The lowest BCUT2D eigenvalue weighted by molar-refractivity contribution is 0.565. The molecule has 0 aliphatic heterocycles. The molecule has 1 saturated carbocycles. The van der Waals surface area contributed by atoms with E-state index in [1.807, 2.05) is 4.68 Å². The highest BCUT2D eigenvalue weighted by Crippen LogP contribution is 2.36. The van der Waals surface area contributed by atoms with Crippen molar-refractivity contribution in [3.8, 4) is 0 Å². The molecule has 0 bridgehead atoms. The minimum absolute atomic E-state index is 0.526. The van der Waals surface area contributed by atoms with E-state index in [4.69, 9.17) is 5.73 Å². The van der Waals surface area contributed by atoms with Crippen LogP contribution in [-0.4, -0.2) is 32.5 Å². The molecule has 0 spiro atoms. The van der Waals surface area contributed by atoms with Gasteiger partial charge in [0.2, 0.25) is 5.16 Å². The maximum Gasteiger partial charge on any atom is 0.209 e. The van der Waals surface area contributed by atoms with Gasteiger partial charge in [-0.25, -0.2) is 4.68 Å². The molecule has 0 saturated heterocycles. The number of hydrogen-bond donors (Lipinski definition) is 1. The van der Waals surface area contributed by atoms with E-state index in [0.717, 1.165) is 16.5 Å². The molecule has 1 fully saturated rings. The zero-order chi connectivity index (χ0) is 9.97. The van der Waals surface area contributed by atoms with Crippen LogP contribution in [0.25, 0.3) is 0 Å². The van der Waals surface area contributed by atoms with Crippen LogP contribution in [0.15, 0.2) is 17.3 Å². The predicted molar refractivity (Wildman–Crippen MR) is 55.0 cm³/mol. The van der Waals surface area contributed by atoms with Crippen LogP contribution in [-0.2, 0) is 0 Å². The zero-order valence-corrected chi connectivity index (χ0v) is 8.70. The zero-order valence-electron chi connectivity index (χ0n) is 7.89. The monoisotopic (exact) mass is 211 g/mol. The highest BCUT2D eigenvalue weighted by Gasteiger charge is 2.27. The van der Waals surface area contributed by atoms with Crippen molar-refractivity contribution in [3.63, 3.8) is 0 Å². The van der Waals surface area contributed by atoms with Gasteiger partial charge in [0.1, 0.15) is 0 Å². The Labute approximate surface area is 86.7 Å². The first-order valence-corrected chi connectivity index (χ1v) is 5.57. The number of rotatable bonds is 5. The number of thioether (sulfide) groups is 1. The van der Waals surface area contributed by atoms with Gasteiger partial charge in [-0.05, 0) is 23.3 Å². The molecule has 0 aromatic carbocycles. The molecule has 1 aliphatic rings. The minimum atomic E-state index is 0.526. The van der Waals surface area contributed by atoms with Crippen LogP contribution in [0, 0.1) is 0 Å². The van der Waals surface area contributed by atoms with Crippen LogP contribution in [0.1, 0.15) is 18.9 Å². The Morgan fingerprint density at radius 2 is 2.43 bits per heavy atom. The van der Waals surface area contributed by atoms with E-state index >= 15 is 0 Å². The molecule has 2 N–H and O–H groups in total. The highest BCUT2D eigenvalue weighted by molar-refractivity contribution is 7.99. The van der Waals surface area contributed by atoms with Crippen molar-refractivity contribution >= 4 is 11.8 Å². The highest BCUT2D eigenvalue weighted by atomic mass is 32.2. The third kappa shape index (κ3) is 2.13. The molecule has 1 aliphatic carbocycles. The summed E-state index contributed by atoms with van der Waals surface area (Å²) in [6.07, 6.45) is 2.38. The van der Waals surface area contributed by atoms with Gasteiger partial charge in [0.15, 0.2) is 0 Å². The maximum absolute atomic E-state index is 5.45. The van der Waals surface area contributed by atoms with Crippen LogP contribution in [0.2, 0.25) is 0 Å². The third-order valence-electron chi connectivity index (χ3n) is 2.05. The van der Waals surface area contributed by atoms with E-state index in [-0.39, 0.29) is 0 Å². The normalized spacial score (nSPS) is 15.8. The van der Waals surface area contributed by atoms with Gasteiger partial charge in [-0.3, -0.25) is 0 Å². The maximum atomic E-state index is 5.45. The quantitative estimate of drug-likeness (QED) is 0.571. The number of tetrazole rings is 1. The van der Waals surface area contributed by atoms with Crippen molar-refractivity contribution < 1.29 is 0 Å². The second-order valence-electron chi connectivity index (χ2n) is 3.38. The Balaban J connectivity index is 1.94. The Hall–Kier alpha value is -0.880. The lowest BCUT2D eigenvalue weighted by atomic mass is 10.4. The van der Waals surface area contributed by atoms with Crippen molar-refractivity contribution in [2.24, 2.45) is 5.73 Å². The van der Waals surface area contributed by atoms with E-state index in [2.05, 4.69) is 22.1 Å². The summed E-state index contributed by atoms with van der Waals surface area (Å²) in [5.74, 6) is 0.795. The summed E-state index contributed by atoms with van der Waals surface area (Å²) in [4.78, 5) is 0. The molecule has 14 heavy (non-hydrogen) atoms. The summed E-state index contributed by atoms with van der Waals surface area (Å²) < 4.78 is 1.90. The first-order valence-electron chi connectivity index (χ1n) is 4.58. The molecule has 0 atom stereocenters. The van der Waals surface area contributed by atoms with Crippen LogP contribution in [0.4, 0.5) is 0 Å². The van der Waals surface area contributed by atoms with Crippen LogP contribution < -0.4 is 5.73 Å². The van der Waals surface area contributed by atoms with Crippen molar-refractivity contribution in [3.05, 3.63) is 12.2 Å². The molecule has 2 rings (SSSR count). The second kappa shape index (κ2) is 4.10. The number of aromatic nitrogens is 4. The summed E-state index contributed by atoms with van der Waals surface area (Å²) in [7, 11) is 0. The van der Waals surface area contributed by atoms with Crippen LogP contribution in [0.3, 0.4) is 0 Å². The van der Waals surface area contributed by atoms with Crippen molar-refractivity contribution in [2.75, 3.05) is 12.3 Å². The van der Waals surface area contributed by atoms with Gasteiger partial charge in [-0.1, -0.05) is 23.9 Å². The largest absolute Gasteiger partial charge is 0.327 e. The summed E-state index contributed by atoms with van der Waals surface area (Å²) in [6, 6.07) is 0.527. The standard InChI is InChI=1S/C8H13N5S/c1-6(4-9)5-14-8-10-11-12-13(8)7-2-3-7/h7H,1-5,9H2. The van der Waals surface area contributed by atoms with Crippen molar-refractivity contribution in [2.45, 2.75) is 24.0 Å². The van der Waals surface area contributed by atoms with Gasteiger partial charge in [-0.15, -0.1) is 5.10 Å². The molecular formula is C8H13N5S. The first-order chi connectivity index (χ1) is 6.81. The first kappa shape index (κ1) is 9.67. The molecule has 0 radical (unpaired) electrons. The van der Waals surface area contributed by atoms with E-state index in [9.17, 15) is 0 Å². The van der Waals surface area contributed by atoms with Gasteiger partial charge in [-0.2, -0.15) is 0 Å². The Morgan fingerprint density at radius 3 is 3.07 bits per heavy atom. The van der Waals surface area contributed by atoms with Crippen molar-refractivity contribution in [1.82, 2.24) is 20.2 Å². The van der Waals surface area contributed by atoms with Crippen LogP contribution >= 0.6 is 11.8 Å².